The maximum absolute atomic E-state index is 12.9. The van der Waals surface area contributed by atoms with Crippen molar-refractivity contribution in [3.63, 3.8) is 0 Å². The van der Waals surface area contributed by atoms with Crippen molar-refractivity contribution in [3.05, 3.63) is 69.1 Å². The van der Waals surface area contributed by atoms with Crippen molar-refractivity contribution in [2.45, 2.75) is 40.7 Å². The Morgan fingerprint density at radius 2 is 1.92 bits per heavy atom. The first-order chi connectivity index (χ1) is 12.4. The van der Waals surface area contributed by atoms with E-state index >= 15 is 0 Å². The molecule has 0 bridgehead atoms. The van der Waals surface area contributed by atoms with Crippen LogP contribution >= 0.6 is 0 Å². The van der Waals surface area contributed by atoms with E-state index in [1.54, 1.807) is 18.3 Å². The first kappa shape index (κ1) is 17.9. The molecule has 26 heavy (non-hydrogen) atoms. The van der Waals surface area contributed by atoms with Crippen LogP contribution in [0.1, 0.15) is 40.5 Å². The molecule has 0 radical (unpaired) electrons. The summed E-state index contributed by atoms with van der Waals surface area (Å²) in [6.07, 6.45) is 2.51. The van der Waals surface area contributed by atoms with Gasteiger partial charge < -0.3 is 9.88 Å². The minimum atomic E-state index is -0.393. The lowest BCUT2D eigenvalue weighted by Crippen LogP contribution is -2.24. The zero-order valence-corrected chi connectivity index (χ0v) is 15.6. The number of amides is 1. The third-order valence-corrected chi connectivity index (χ3v) is 4.62. The Bertz CT molecular complexity index is 1050. The van der Waals surface area contributed by atoms with Crippen molar-refractivity contribution in [2.24, 2.45) is 0 Å². The van der Waals surface area contributed by atoms with Crippen LogP contribution in [0.25, 0.3) is 11.0 Å². The lowest BCUT2D eigenvalue weighted by molar-refractivity contribution is 0.102. The van der Waals surface area contributed by atoms with Gasteiger partial charge in [-0.2, -0.15) is 0 Å². The molecule has 1 amide bonds. The standard InChI is InChI=1S/C21H23N3O2/c1-5-11-24-12-17(19(25)16-10-9-14(3)22-20(16)24)21(26)23-18-8-6-7-13(2)15(18)4/h6-10,12H,5,11H2,1-4H3,(H,23,26). The molecule has 3 aromatic rings. The quantitative estimate of drug-likeness (QED) is 0.775. The lowest BCUT2D eigenvalue weighted by atomic mass is 10.1. The number of pyridine rings is 2. The molecule has 2 aromatic heterocycles. The number of carbonyl (C=O) groups excluding carboxylic acids is 1. The first-order valence-corrected chi connectivity index (χ1v) is 8.80. The summed E-state index contributed by atoms with van der Waals surface area (Å²) in [6, 6.07) is 9.27. The Hall–Kier alpha value is -2.95. The Labute approximate surface area is 152 Å². The summed E-state index contributed by atoms with van der Waals surface area (Å²) in [4.78, 5) is 30.2. The normalized spacial score (nSPS) is 10.9. The van der Waals surface area contributed by atoms with Crippen LogP contribution < -0.4 is 10.7 Å². The third kappa shape index (κ3) is 3.25. The van der Waals surface area contributed by atoms with Gasteiger partial charge >= 0.3 is 0 Å². The Balaban J connectivity index is 2.11. The number of carbonyl (C=O) groups is 1. The Morgan fingerprint density at radius 3 is 2.65 bits per heavy atom. The number of nitrogens with zero attached hydrogens (tertiary/aromatic N) is 2. The molecular formula is C21H23N3O2. The molecule has 5 heteroatoms. The third-order valence-electron chi connectivity index (χ3n) is 4.62. The zero-order valence-electron chi connectivity index (χ0n) is 15.6. The molecule has 134 valence electrons. The predicted octanol–water partition coefficient (Wildman–Crippen LogP) is 3.98. The second kappa shape index (κ2) is 7.12. The van der Waals surface area contributed by atoms with Crippen molar-refractivity contribution in [3.8, 4) is 0 Å². The highest BCUT2D eigenvalue weighted by Crippen LogP contribution is 2.19. The van der Waals surface area contributed by atoms with Crippen LogP contribution in [-0.4, -0.2) is 15.5 Å². The average molecular weight is 349 g/mol. The smallest absolute Gasteiger partial charge is 0.261 e. The number of fused-ring (bicyclic) bond motifs is 1. The highest BCUT2D eigenvalue weighted by molar-refractivity contribution is 6.06. The second-order valence-corrected chi connectivity index (χ2v) is 6.59. The van der Waals surface area contributed by atoms with Gasteiger partial charge in [-0.1, -0.05) is 19.1 Å². The molecule has 0 aliphatic heterocycles. The van der Waals surface area contributed by atoms with Crippen LogP contribution in [0.2, 0.25) is 0 Å². The van der Waals surface area contributed by atoms with Gasteiger partial charge in [-0.15, -0.1) is 0 Å². The molecule has 0 saturated carbocycles. The van der Waals surface area contributed by atoms with Crippen LogP contribution in [-0.2, 0) is 6.54 Å². The van der Waals surface area contributed by atoms with Gasteiger partial charge in [0, 0.05) is 24.1 Å². The SMILES string of the molecule is CCCn1cc(C(=O)Nc2cccc(C)c2C)c(=O)c2ccc(C)nc21. The van der Waals surface area contributed by atoms with Crippen molar-refractivity contribution >= 4 is 22.6 Å². The first-order valence-electron chi connectivity index (χ1n) is 8.80. The summed E-state index contributed by atoms with van der Waals surface area (Å²) in [5.41, 5.74) is 4.12. The van der Waals surface area contributed by atoms with E-state index in [1.165, 1.54) is 0 Å². The molecule has 0 fully saturated rings. The number of hydrogen-bond donors (Lipinski definition) is 1. The topological polar surface area (TPSA) is 64.0 Å². The summed E-state index contributed by atoms with van der Waals surface area (Å²) >= 11 is 0. The van der Waals surface area contributed by atoms with Crippen LogP contribution in [0.4, 0.5) is 5.69 Å². The van der Waals surface area contributed by atoms with Crippen LogP contribution in [0.5, 0.6) is 0 Å². The maximum atomic E-state index is 12.9. The van der Waals surface area contributed by atoms with E-state index < -0.39 is 5.91 Å². The predicted molar refractivity (Wildman–Crippen MR) is 105 cm³/mol. The summed E-state index contributed by atoms with van der Waals surface area (Å²) < 4.78 is 1.89. The van der Waals surface area contributed by atoms with Crippen LogP contribution in [0, 0.1) is 20.8 Å². The van der Waals surface area contributed by atoms with Crippen molar-refractivity contribution in [1.29, 1.82) is 0 Å². The summed E-state index contributed by atoms with van der Waals surface area (Å²) in [7, 11) is 0. The van der Waals surface area contributed by atoms with Crippen molar-refractivity contribution < 1.29 is 4.79 Å². The number of anilines is 1. The van der Waals surface area contributed by atoms with Gasteiger partial charge in [0.15, 0.2) is 0 Å². The minimum Gasteiger partial charge on any atom is -0.331 e. The summed E-state index contributed by atoms with van der Waals surface area (Å²) in [5.74, 6) is -0.393. The molecule has 5 nitrogen and oxygen atoms in total. The molecule has 0 unspecified atom stereocenters. The minimum absolute atomic E-state index is 0.137. The van der Waals surface area contributed by atoms with Gasteiger partial charge in [-0.05, 0) is 56.5 Å². The molecular weight excluding hydrogens is 326 g/mol. The van der Waals surface area contributed by atoms with Gasteiger partial charge in [0.2, 0.25) is 5.43 Å². The highest BCUT2D eigenvalue weighted by Gasteiger charge is 2.17. The number of aromatic nitrogens is 2. The van der Waals surface area contributed by atoms with E-state index in [9.17, 15) is 9.59 Å². The molecule has 0 aliphatic rings. The number of rotatable bonds is 4. The Kier molecular flexibility index (Phi) is 4.89. The van der Waals surface area contributed by atoms with E-state index in [2.05, 4.69) is 17.2 Å². The fourth-order valence-electron chi connectivity index (χ4n) is 3.01. The van der Waals surface area contributed by atoms with Gasteiger partial charge in [0.1, 0.15) is 11.2 Å². The van der Waals surface area contributed by atoms with Crippen molar-refractivity contribution in [2.75, 3.05) is 5.32 Å². The fourth-order valence-corrected chi connectivity index (χ4v) is 3.01. The lowest BCUT2D eigenvalue weighted by Gasteiger charge is -2.14. The van der Waals surface area contributed by atoms with E-state index in [0.717, 1.165) is 28.9 Å². The van der Waals surface area contributed by atoms with Crippen molar-refractivity contribution in [1.82, 2.24) is 9.55 Å². The van der Waals surface area contributed by atoms with Gasteiger partial charge in [-0.25, -0.2) is 4.98 Å². The van der Waals surface area contributed by atoms with Gasteiger partial charge in [0.05, 0.1) is 5.39 Å². The van der Waals surface area contributed by atoms with E-state index in [1.807, 2.05) is 43.5 Å². The molecule has 3 rings (SSSR count). The molecule has 0 atom stereocenters. The van der Waals surface area contributed by atoms with Crippen LogP contribution in [0.15, 0.2) is 41.3 Å². The maximum Gasteiger partial charge on any atom is 0.261 e. The van der Waals surface area contributed by atoms with E-state index in [-0.39, 0.29) is 11.0 Å². The van der Waals surface area contributed by atoms with Gasteiger partial charge in [0.25, 0.3) is 5.91 Å². The number of benzene rings is 1. The highest BCUT2D eigenvalue weighted by atomic mass is 16.2. The molecule has 1 N–H and O–H groups in total. The second-order valence-electron chi connectivity index (χ2n) is 6.59. The molecule has 0 saturated heterocycles. The molecule has 1 aromatic carbocycles. The molecule has 0 spiro atoms. The summed E-state index contributed by atoms with van der Waals surface area (Å²) in [6.45, 7) is 8.57. The largest absolute Gasteiger partial charge is 0.331 e. The van der Waals surface area contributed by atoms with E-state index in [0.29, 0.717) is 17.6 Å². The number of hydrogen-bond acceptors (Lipinski definition) is 3. The van der Waals surface area contributed by atoms with Crippen LogP contribution in [0.3, 0.4) is 0 Å². The van der Waals surface area contributed by atoms with Gasteiger partial charge in [-0.3, -0.25) is 9.59 Å². The number of nitrogens with one attached hydrogen (secondary N) is 1. The molecule has 0 aliphatic carbocycles. The average Bonchev–Trinajstić information content (AvgIpc) is 2.61. The monoisotopic (exact) mass is 349 g/mol. The molecule has 2 heterocycles. The van der Waals surface area contributed by atoms with E-state index in [4.69, 9.17) is 0 Å². The Morgan fingerprint density at radius 1 is 1.15 bits per heavy atom. The zero-order chi connectivity index (χ0) is 18.8. The number of aryl methyl sites for hydroxylation is 3. The summed E-state index contributed by atoms with van der Waals surface area (Å²) in [5, 5.41) is 3.35. The fraction of sp³-hybridized carbons (Fsp3) is 0.286.